The second kappa shape index (κ2) is 11.7. The molecule has 0 bridgehead atoms. The molecule has 0 aliphatic rings. The van der Waals surface area contributed by atoms with Gasteiger partial charge in [0.25, 0.3) is 0 Å². The predicted molar refractivity (Wildman–Crippen MR) is 134 cm³/mol. The van der Waals surface area contributed by atoms with Gasteiger partial charge in [-0.25, -0.2) is 4.98 Å². The molecule has 0 fully saturated rings. The van der Waals surface area contributed by atoms with Crippen LogP contribution in [0.25, 0.3) is 10.6 Å². The van der Waals surface area contributed by atoms with Gasteiger partial charge in [-0.1, -0.05) is 19.9 Å². The highest BCUT2D eigenvalue weighted by molar-refractivity contribution is 7.13. The van der Waals surface area contributed by atoms with E-state index in [-0.39, 0.29) is 18.4 Å². The molecule has 3 aromatic rings. The smallest absolute Gasteiger partial charge is 0.226 e. The predicted octanol–water partition coefficient (Wildman–Crippen LogP) is 5.29. The molecule has 2 aromatic carbocycles. The van der Waals surface area contributed by atoms with Crippen molar-refractivity contribution in [2.75, 3.05) is 27.9 Å². The molecule has 0 spiro atoms. The Morgan fingerprint density at radius 3 is 2.29 bits per heavy atom. The molecule has 1 atom stereocenters. The summed E-state index contributed by atoms with van der Waals surface area (Å²) in [7, 11) is 4.81. The number of hydrogen-bond acceptors (Lipinski definition) is 7. The van der Waals surface area contributed by atoms with E-state index in [0.29, 0.717) is 35.5 Å². The normalized spacial score (nSPS) is 11.7. The Morgan fingerprint density at radius 1 is 0.941 bits per heavy atom. The van der Waals surface area contributed by atoms with Crippen molar-refractivity contribution in [2.24, 2.45) is 5.92 Å². The minimum Gasteiger partial charge on any atom is -0.493 e. The molecule has 3 rings (SSSR count). The first-order valence-corrected chi connectivity index (χ1v) is 12.0. The highest BCUT2D eigenvalue weighted by Gasteiger charge is 2.16. The molecule has 1 heterocycles. The van der Waals surface area contributed by atoms with Crippen molar-refractivity contribution in [3.63, 3.8) is 0 Å². The van der Waals surface area contributed by atoms with Gasteiger partial charge in [0.2, 0.25) is 5.91 Å². The fraction of sp³-hybridized carbons (Fsp3) is 0.385. The first kappa shape index (κ1) is 25.4. The summed E-state index contributed by atoms with van der Waals surface area (Å²) in [6, 6.07) is 11.2. The highest BCUT2D eigenvalue weighted by Crippen LogP contribution is 2.34. The Hall–Kier alpha value is -3.26. The average molecular weight is 485 g/mol. The van der Waals surface area contributed by atoms with Gasteiger partial charge in [0, 0.05) is 10.9 Å². The number of amides is 1. The van der Waals surface area contributed by atoms with E-state index in [0.717, 1.165) is 21.8 Å². The van der Waals surface area contributed by atoms with Gasteiger partial charge in [-0.3, -0.25) is 4.79 Å². The monoisotopic (exact) mass is 484 g/mol. The molecule has 1 N–H and O–H groups in total. The fourth-order valence-corrected chi connectivity index (χ4v) is 4.18. The van der Waals surface area contributed by atoms with Crippen molar-refractivity contribution in [3.05, 3.63) is 53.0 Å². The van der Waals surface area contributed by atoms with E-state index in [4.69, 9.17) is 18.9 Å². The van der Waals surface area contributed by atoms with Crippen molar-refractivity contribution in [3.8, 4) is 33.6 Å². The van der Waals surface area contributed by atoms with E-state index in [1.807, 2.05) is 48.7 Å². The van der Waals surface area contributed by atoms with Crippen LogP contribution in [0.15, 0.2) is 41.8 Å². The van der Waals surface area contributed by atoms with Crippen LogP contribution in [0.3, 0.4) is 0 Å². The number of carbonyl (C=O) groups excluding carboxylic acids is 1. The van der Waals surface area contributed by atoms with E-state index in [1.54, 1.807) is 21.3 Å². The van der Waals surface area contributed by atoms with Gasteiger partial charge in [0.05, 0.1) is 46.1 Å². The number of nitrogens with zero attached hydrogens (tertiary/aromatic N) is 1. The molecule has 1 amide bonds. The molecule has 1 unspecified atom stereocenters. The van der Waals surface area contributed by atoms with Crippen LogP contribution in [0, 0.1) is 5.92 Å². The zero-order valence-corrected chi connectivity index (χ0v) is 21.3. The van der Waals surface area contributed by atoms with Crippen LogP contribution >= 0.6 is 11.3 Å². The van der Waals surface area contributed by atoms with Gasteiger partial charge in [0.1, 0.15) is 5.01 Å². The number of aromatic nitrogens is 1. The molecule has 1 aromatic heterocycles. The van der Waals surface area contributed by atoms with E-state index in [1.165, 1.54) is 11.3 Å². The fourth-order valence-electron chi connectivity index (χ4n) is 3.36. The third-order valence-electron chi connectivity index (χ3n) is 5.16. The van der Waals surface area contributed by atoms with Crippen molar-refractivity contribution >= 4 is 17.2 Å². The lowest BCUT2D eigenvalue weighted by Crippen LogP contribution is -2.28. The van der Waals surface area contributed by atoms with Crippen molar-refractivity contribution in [1.82, 2.24) is 10.3 Å². The lowest BCUT2D eigenvalue weighted by molar-refractivity contribution is -0.121. The van der Waals surface area contributed by atoms with Gasteiger partial charge >= 0.3 is 0 Å². The number of hydrogen-bond donors (Lipinski definition) is 1. The topological polar surface area (TPSA) is 78.9 Å². The molecule has 0 aliphatic carbocycles. The number of methoxy groups -OCH3 is 3. The van der Waals surface area contributed by atoms with Gasteiger partial charge < -0.3 is 24.3 Å². The molecule has 0 aliphatic heterocycles. The van der Waals surface area contributed by atoms with Crippen LogP contribution in [0.5, 0.6) is 23.0 Å². The summed E-state index contributed by atoms with van der Waals surface area (Å²) in [6.07, 6.45) is 0.195. The number of rotatable bonds is 11. The van der Waals surface area contributed by atoms with Gasteiger partial charge in [0.15, 0.2) is 23.0 Å². The van der Waals surface area contributed by atoms with Crippen LogP contribution < -0.4 is 24.3 Å². The van der Waals surface area contributed by atoms with Crippen LogP contribution in [0.1, 0.15) is 38.1 Å². The molecule has 0 saturated heterocycles. The maximum absolute atomic E-state index is 12.7. The first-order valence-electron chi connectivity index (χ1n) is 11.1. The third-order valence-corrected chi connectivity index (χ3v) is 6.10. The first-order chi connectivity index (χ1) is 16.3. The summed E-state index contributed by atoms with van der Waals surface area (Å²) in [6.45, 7) is 6.74. The van der Waals surface area contributed by atoms with Crippen LogP contribution in [0.4, 0.5) is 0 Å². The Kier molecular flexibility index (Phi) is 8.76. The van der Waals surface area contributed by atoms with Gasteiger partial charge in [-0.2, -0.15) is 0 Å². The lowest BCUT2D eigenvalue weighted by Gasteiger charge is -2.17. The Bertz CT molecular complexity index is 1110. The molecule has 0 saturated carbocycles. The largest absolute Gasteiger partial charge is 0.493 e. The van der Waals surface area contributed by atoms with Gasteiger partial charge in [-0.15, -0.1) is 11.3 Å². The zero-order chi connectivity index (χ0) is 24.7. The second-order valence-electron chi connectivity index (χ2n) is 8.29. The lowest BCUT2D eigenvalue weighted by atomic mass is 10.1. The molecule has 8 heteroatoms. The Morgan fingerprint density at radius 2 is 1.62 bits per heavy atom. The molecule has 182 valence electrons. The summed E-state index contributed by atoms with van der Waals surface area (Å²) in [5, 5.41) is 5.76. The van der Waals surface area contributed by atoms with Crippen LogP contribution in [-0.4, -0.2) is 38.8 Å². The summed E-state index contributed by atoms with van der Waals surface area (Å²) >= 11 is 1.49. The number of carbonyl (C=O) groups is 1. The molecule has 34 heavy (non-hydrogen) atoms. The minimum absolute atomic E-state index is 0.101. The van der Waals surface area contributed by atoms with Crippen molar-refractivity contribution in [2.45, 2.75) is 33.2 Å². The molecule has 7 nitrogen and oxygen atoms in total. The van der Waals surface area contributed by atoms with Crippen LogP contribution in [-0.2, 0) is 11.2 Å². The third kappa shape index (κ3) is 6.41. The zero-order valence-electron chi connectivity index (χ0n) is 20.5. The number of ether oxygens (including phenoxy) is 4. The average Bonchev–Trinajstić information content (AvgIpc) is 3.30. The standard InChI is InChI=1S/C26H32N2O5S/c1-16(2)14-33-22-10-7-18(11-24(22)32-6)17(3)27-25(29)13-20-15-34-26(28-20)19-8-9-21(30-4)23(12-19)31-5/h7-12,15-17H,13-14H2,1-6H3,(H,27,29). The summed E-state index contributed by atoms with van der Waals surface area (Å²) in [5.74, 6) is 2.96. The Balaban J connectivity index is 1.63. The summed E-state index contributed by atoms with van der Waals surface area (Å²) in [4.78, 5) is 17.3. The number of benzene rings is 2. The number of nitrogens with one attached hydrogen (secondary N) is 1. The van der Waals surface area contributed by atoms with E-state index >= 15 is 0 Å². The molecule has 0 radical (unpaired) electrons. The van der Waals surface area contributed by atoms with Crippen molar-refractivity contribution < 1.29 is 23.7 Å². The van der Waals surface area contributed by atoms with E-state index in [9.17, 15) is 4.79 Å². The quantitative estimate of drug-likeness (QED) is 0.398. The SMILES string of the molecule is COc1ccc(-c2nc(CC(=O)NC(C)c3ccc(OCC(C)C)c(OC)c3)cs2)cc1OC. The summed E-state index contributed by atoms with van der Waals surface area (Å²) in [5.41, 5.74) is 2.57. The maximum atomic E-state index is 12.7. The summed E-state index contributed by atoms with van der Waals surface area (Å²) < 4.78 is 22.0. The molecular formula is C26H32N2O5S. The van der Waals surface area contributed by atoms with E-state index < -0.39 is 0 Å². The van der Waals surface area contributed by atoms with Crippen molar-refractivity contribution in [1.29, 1.82) is 0 Å². The highest BCUT2D eigenvalue weighted by atomic mass is 32.1. The van der Waals surface area contributed by atoms with Gasteiger partial charge in [-0.05, 0) is 48.7 Å². The minimum atomic E-state index is -0.190. The molecular weight excluding hydrogens is 452 g/mol. The van der Waals surface area contributed by atoms with Crippen LogP contribution in [0.2, 0.25) is 0 Å². The number of thiazole rings is 1. The Labute approximate surface area is 205 Å². The second-order valence-corrected chi connectivity index (χ2v) is 9.15. The maximum Gasteiger partial charge on any atom is 0.226 e. The van der Waals surface area contributed by atoms with E-state index in [2.05, 4.69) is 24.1 Å².